The lowest BCUT2D eigenvalue weighted by Crippen LogP contribution is -2.13. The number of carbonyl (C=O) groups excluding carboxylic acids is 1. The first-order valence-corrected chi connectivity index (χ1v) is 11.5. The normalized spacial score (nSPS) is 10.7. The predicted molar refractivity (Wildman–Crippen MR) is 134 cm³/mol. The quantitative estimate of drug-likeness (QED) is 0.312. The molecule has 4 rings (SSSR count). The highest BCUT2D eigenvalue weighted by Gasteiger charge is 2.22. The molecule has 35 heavy (non-hydrogen) atoms. The number of para-hydroxylation sites is 1. The first-order chi connectivity index (χ1) is 17.0. The van der Waals surface area contributed by atoms with Gasteiger partial charge in [-0.25, -0.2) is 9.07 Å². The fourth-order valence-electron chi connectivity index (χ4n) is 3.83. The van der Waals surface area contributed by atoms with Crippen LogP contribution in [-0.2, 0) is 17.6 Å². The Kier molecular flexibility index (Phi) is 7.45. The zero-order valence-corrected chi connectivity index (χ0v) is 20.0. The number of hydrogen-bond donors (Lipinski definition) is 1. The third kappa shape index (κ3) is 5.69. The lowest BCUT2D eigenvalue weighted by atomic mass is 10.1. The van der Waals surface area contributed by atoms with Crippen LogP contribution in [0.4, 0.5) is 10.1 Å². The number of rotatable bonds is 9. The zero-order valence-electron chi connectivity index (χ0n) is 20.0. The van der Waals surface area contributed by atoms with Gasteiger partial charge in [0.05, 0.1) is 18.5 Å². The van der Waals surface area contributed by atoms with Crippen molar-refractivity contribution < 1.29 is 18.7 Å². The largest absolute Gasteiger partial charge is 0.497 e. The number of carbonyl (C=O) groups is 1. The van der Waals surface area contributed by atoms with Crippen LogP contribution in [0.1, 0.15) is 30.2 Å². The number of ether oxygens (including phenoxy) is 2. The van der Waals surface area contributed by atoms with Gasteiger partial charge in [-0.1, -0.05) is 31.2 Å². The Balaban J connectivity index is 1.66. The van der Waals surface area contributed by atoms with Gasteiger partial charge in [0.2, 0.25) is 11.8 Å². The van der Waals surface area contributed by atoms with Crippen LogP contribution in [0.15, 0.2) is 72.8 Å². The molecule has 180 valence electrons. The summed E-state index contributed by atoms with van der Waals surface area (Å²) in [5, 5.41) is 7.69. The number of nitrogens with one attached hydrogen (secondary N) is 1. The number of aryl methyl sites for hydroxylation is 2. The summed E-state index contributed by atoms with van der Waals surface area (Å²) in [7, 11) is 1.60. The van der Waals surface area contributed by atoms with Crippen LogP contribution < -0.4 is 14.8 Å². The van der Waals surface area contributed by atoms with Gasteiger partial charge in [-0.2, -0.15) is 5.10 Å². The van der Waals surface area contributed by atoms with Gasteiger partial charge in [-0.15, -0.1) is 0 Å². The van der Waals surface area contributed by atoms with Crippen molar-refractivity contribution in [3.63, 3.8) is 0 Å². The molecule has 0 fully saturated rings. The highest BCUT2D eigenvalue weighted by Crippen LogP contribution is 2.33. The van der Waals surface area contributed by atoms with Crippen LogP contribution in [0, 0.1) is 12.7 Å². The minimum atomic E-state index is -0.476. The van der Waals surface area contributed by atoms with Gasteiger partial charge in [-0.3, -0.25) is 4.79 Å². The molecule has 0 aliphatic rings. The Morgan fingerprint density at radius 2 is 1.83 bits per heavy atom. The molecule has 0 saturated heterocycles. The fraction of sp³-hybridized carbons (Fsp3) is 0.214. The number of hydrogen-bond acceptors (Lipinski definition) is 4. The summed E-state index contributed by atoms with van der Waals surface area (Å²) in [5.74, 6) is 0.597. The van der Waals surface area contributed by atoms with E-state index >= 15 is 0 Å². The summed E-state index contributed by atoms with van der Waals surface area (Å²) >= 11 is 0. The lowest BCUT2D eigenvalue weighted by molar-refractivity contribution is -0.116. The molecule has 0 atom stereocenters. The van der Waals surface area contributed by atoms with Crippen LogP contribution >= 0.6 is 0 Å². The molecule has 0 spiro atoms. The molecule has 0 radical (unpaired) electrons. The van der Waals surface area contributed by atoms with E-state index in [1.165, 1.54) is 6.07 Å². The van der Waals surface area contributed by atoms with Crippen molar-refractivity contribution in [3.8, 4) is 23.1 Å². The summed E-state index contributed by atoms with van der Waals surface area (Å²) < 4.78 is 27.5. The summed E-state index contributed by atoms with van der Waals surface area (Å²) in [5.41, 5.74) is 4.11. The molecular formula is C28H28FN3O3. The van der Waals surface area contributed by atoms with E-state index in [0.717, 1.165) is 28.2 Å². The molecule has 0 aliphatic carbocycles. The Hall–Kier alpha value is -4.13. The summed E-state index contributed by atoms with van der Waals surface area (Å²) in [4.78, 5) is 12.7. The second kappa shape index (κ2) is 10.9. The van der Waals surface area contributed by atoms with E-state index in [-0.39, 0.29) is 18.1 Å². The number of benzene rings is 3. The average molecular weight is 474 g/mol. The van der Waals surface area contributed by atoms with Crippen molar-refractivity contribution in [3.05, 3.63) is 95.4 Å². The highest BCUT2D eigenvalue weighted by molar-refractivity contribution is 5.91. The van der Waals surface area contributed by atoms with E-state index in [9.17, 15) is 9.18 Å². The minimum Gasteiger partial charge on any atom is -0.497 e. The van der Waals surface area contributed by atoms with Crippen molar-refractivity contribution in [1.82, 2.24) is 9.78 Å². The number of methoxy groups -OCH3 is 1. The summed E-state index contributed by atoms with van der Waals surface area (Å²) in [6.45, 7) is 3.97. The molecule has 7 heteroatoms. The van der Waals surface area contributed by atoms with E-state index in [1.807, 2.05) is 62.4 Å². The van der Waals surface area contributed by atoms with Crippen molar-refractivity contribution >= 4 is 11.6 Å². The number of aromatic nitrogens is 2. The number of nitrogens with zero attached hydrogens (tertiary/aromatic N) is 2. The molecule has 0 saturated carbocycles. The van der Waals surface area contributed by atoms with Gasteiger partial charge in [0.15, 0.2) is 11.6 Å². The number of halogens is 1. The average Bonchev–Trinajstić information content (AvgIpc) is 3.21. The van der Waals surface area contributed by atoms with E-state index in [0.29, 0.717) is 24.5 Å². The maximum atomic E-state index is 14.5. The monoisotopic (exact) mass is 473 g/mol. The first-order valence-electron chi connectivity index (χ1n) is 11.5. The van der Waals surface area contributed by atoms with Gasteiger partial charge < -0.3 is 14.8 Å². The Morgan fingerprint density at radius 1 is 1.06 bits per heavy atom. The Labute approximate surface area is 204 Å². The van der Waals surface area contributed by atoms with E-state index in [2.05, 4.69) is 5.32 Å². The number of amides is 1. The Morgan fingerprint density at radius 3 is 2.51 bits per heavy atom. The maximum Gasteiger partial charge on any atom is 0.226 e. The SMILES string of the molecule is CCc1nn(-c2ccc(OC)cc2)c(Oc2ccccc2F)c1CCC(=O)Nc1cccc(C)c1. The fourth-order valence-corrected chi connectivity index (χ4v) is 3.83. The van der Waals surface area contributed by atoms with E-state index in [4.69, 9.17) is 14.6 Å². The molecule has 1 N–H and O–H groups in total. The highest BCUT2D eigenvalue weighted by atomic mass is 19.1. The van der Waals surface area contributed by atoms with Crippen LogP contribution in [0.25, 0.3) is 5.69 Å². The van der Waals surface area contributed by atoms with E-state index in [1.54, 1.807) is 30.0 Å². The molecule has 0 bridgehead atoms. The first kappa shape index (κ1) is 24.0. The van der Waals surface area contributed by atoms with Crippen molar-refractivity contribution in [2.24, 2.45) is 0 Å². The van der Waals surface area contributed by atoms with Crippen LogP contribution in [0.3, 0.4) is 0 Å². The molecular weight excluding hydrogens is 445 g/mol. The van der Waals surface area contributed by atoms with Crippen molar-refractivity contribution in [2.75, 3.05) is 12.4 Å². The second-order valence-electron chi connectivity index (χ2n) is 8.14. The molecule has 0 unspecified atom stereocenters. The summed E-state index contributed by atoms with van der Waals surface area (Å²) in [6.07, 6.45) is 1.25. The molecule has 0 aliphatic heterocycles. The van der Waals surface area contributed by atoms with Gasteiger partial charge in [0, 0.05) is 17.7 Å². The van der Waals surface area contributed by atoms with Gasteiger partial charge in [0.25, 0.3) is 0 Å². The minimum absolute atomic E-state index is 0.0928. The smallest absolute Gasteiger partial charge is 0.226 e. The lowest BCUT2D eigenvalue weighted by Gasteiger charge is -2.12. The van der Waals surface area contributed by atoms with Crippen LogP contribution in [0.2, 0.25) is 0 Å². The van der Waals surface area contributed by atoms with Gasteiger partial charge in [-0.05, 0) is 73.9 Å². The maximum absolute atomic E-state index is 14.5. The topological polar surface area (TPSA) is 65.4 Å². The van der Waals surface area contributed by atoms with Gasteiger partial charge in [0.1, 0.15) is 5.75 Å². The third-order valence-electron chi connectivity index (χ3n) is 5.62. The third-order valence-corrected chi connectivity index (χ3v) is 5.62. The second-order valence-corrected chi connectivity index (χ2v) is 8.14. The molecule has 1 aromatic heterocycles. The molecule has 1 heterocycles. The molecule has 6 nitrogen and oxygen atoms in total. The van der Waals surface area contributed by atoms with Crippen molar-refractivity contribution in [2.45, 2.75) is 33.1 Å². The standard InChI is InChI=1S/C28H28FN3O3/c1-4-25-23(16-17-27(33)30-20-9-7-8-19(2)18-20)28(35-26-11-6-5-10-24(26)29)32(31-25)21-12-14-22(34-3)15-13-21/h5-15,18H,4,16-17H2,1-3H3,(H,30,33). The summed E-state index contributed by atoms with van der Waals surface area (Å²) in [6, 6.07) is 21.2. The van der Waals surface area contributed by atoms with Crippen LogP contribution in [-0.4, -0.2) is 22.8 Å². The molecule has 1 amide bonds. The molecule has 4 aromatic rings. The Bertz CT molecular complexity index is 1320. The van der Waals surface area contributed by atoms with Crippen LogP contribution in [0.5, 0.6) is 17.4 Å². The molecule has 3 aromatic carbocycles. The zero-order chi connectivity index (χ0) is 24.8. The van der Waals surface area contributed by atoms with Gasteiger partial charge >= 0.3 is 0 Å². The van der Waals surface area contributed by atoms with E-state index < -0.39 is 5.82 Å². The number of anilines is 1. The predicted octanol–water partition coefficient (Wildman–Crippen LogP) is 6.25. The van der Waals surface area contributed by atoms with Crippen molar-refractivity contribution in [1.29, 1.82) is 0 Å².